The van der Waals surface area contributed by atoms with Crippen LogP contribution in [-0.4, -0.2) is 54.2 Å². The van der Waals surface area contributed by atoms with E-state index in [1.54, 1.807) is 24.3 Å². The van der Waals surface area contributed by atoms with Gasteiger partial charge in [0.2, 0.25) is 0 Å². The third kappa shape index (κ3) is 4.55. The maximum Gasteiger partial charge on any atom is 0.257 e. The van der Waals surface area contributed by atoms with Crippen molar-refractivity contribution >= 4 is 29.0 Å². The number of likely N-dealkylation sites (N-methyl/N-ethyl adjacent to an activating group) is 1. The molecule has 0 aliphatic carbocycles. The molecule has 1 amide bonds. The Hall–Kier alpha value is -2.96. The van der Waals surface area contributed by atoms with Crippen LogP contribution >= 0.6 is 11.6 Å². The topological polar surface area (TPSA) is 61.4 Å². The summed E-state index contributed by atoms with van der Waals surface area (Å²) in [4.78, 5) is 17.0. The molecular formula is C22H22ClN5O. The van der Waals surface area contributed by atoms with Crippen LogP contribution in [0.1, 0.15) is 10.4 Å². The van der Waals surface area contributed by atoms with E-state index < -0.39 is 0 Å². The minimum Gasteiger partial charge on any atom is -0.353 e. The molecule has 1 aliphatic rings. The van der Waals surface area contributed by atoms with E-state index in [0.29, 0.717) is 16.3 Å². The number of aromatic nitrogens is 2. The summed E-state index contributed by atoms with van der Waals surface area (Å²) in [6.45, 7) is 3.95. The molecule has 6 nitrogen and oxygen atoms in total. The number of nitrogens with one attached hydrogen (secondary N) is 1. The van der Waals surface area contributed by atoms with Crippen molar-refractivity contribution in [3.8, 4) is 11.3 Å². The fourth-order valence-corrected chi connectivity index (χ4v) is 3.51. The molecule has 1 aliphatic heterocycles. The molecule has 1 saturated heterocycles. The number of carbonyl (C=O) groups excluding carboxylic acids is 1. The summed E-state index contributed by atoms with van der Waals surface area (Å²) in [7, 11) is 2.13. The molecule has 2 heterocycles. The van der Waals surface area contributed by atoms with Crippen molar-refractivity contribution in [1.82, 2.24) is 15.1 Å². The molecule has 29 heavy (non-hydrogen) atoms. The normalized spacial score (nSPS) is 14.6. The van der Waals surface area contributed by atoms with Crippen molar-refractivity contribution in [2.45, 2.75) is 0 Å². The van der Waals surface area contributed by atoms with E-state index in [4.69, 9.17) is 11.6 Å². The van der Waals surface area contributed by atoms with Gasteiger partial charge < -0.3 is 15.1 Å². The van der Waals surface area contributed by atoms with Crippen LogP contribution in [0, 0.1) is 0 Å². The summed E-state index contributed by atoms with van der Waals surface area (Å²) < 4.78 is 0. The standard InChI is InChI=1S/C22H22ClN5O/c1-27-11-13-28(14-12-27)21-10-9-20(25-26-21)16-5-4-6-17(15-16)24-22(29)18-7-2-3-8-19(18)23/h2-10,15H,11-14H2,1H3,(H,24,29). The minimum atomic E-state index is -0.246. The molecule has 0 saturated carbocycles. The van der Waals surface area contributed by atoms with Crippen LogP contribution in [0.25, 0.3) is 11.3 Å². The largest absolute Gasteiger partial charge is 0.353 e. The second-order valence-corrected chi connectivity index (χ2v) is 7.49. The van der Waals surface area contributed by atoms with Gasteiger partial charge in [0.25, 0.3) is 5.91 Å². The van der Waals surface area contributed by atoms with E-state index in [-0.39, 0.29) is 5.91 Å². The number of amides is 1. The Kier molecular flexibility index (Phi) is 5.74. The Morgan fingerprint density at radius 2 is 1.76 bits per heavy atom. The second-order valence-electron chi connectivity index (χ2n) is 7.08. The molecule has 7 heteroatoms. The zero-order valence-corrected chi connectivity index (χ0v) is 16.9. The average Bonchev–Trinajstić information content (AvgIpc) is 2.75. The van der Waals surface area contributed by atoms with Gasteiger partial charge in [-0.3, -0.25) is 4.79 Å². The molecule has 4 rings (SSSR count). The van der Waals surface area contributed by atoms with E-state index in [9.17, 15) is 4.79 Å². The predicted octanol–water partition coefficient (Wildman–Crippen LogP) is 3.80. The van der Waals surface area contributed by atoms with Gasteiger partial charge in [-0.1, -0.05) is 35.9 Å². The van der Waals surface area contributed by atoms with Gasteiger partial charge in [0.1, 0.15) is 0 Å². The monoisotopic (exact) mass is 407 g/mol. The van der Waals surface area contributed by atoms with Crippen molar-refractivity contribution in [3.05, 3.63) is 71.2 Å². The highest BCUT2D eigenvalue weighted by Gasteiger charge is 2.16. The lowest BCUT2D eigenvalue weighted by Gasteiger charge is -2.32. The first-order valence-corrected chi connectivity index (χ1v) is 9.91. The SMILES string of the molecule is CN1CCN(c2ccc(-c3cccc(NC(=O)c4ccccc4Cl)c3)nn2)CC1. The number of hydrogen-bond acceptors (Lipinski definition) is 5. The molecule has 3 aromatic rings. The molecule has 0 radical (unpaired) electrons. The highest BCUT2D eigenvalue weighted by Crippen LogP contribution is 2.23. The Morgan fingerprint density at radius 1 is 0.966 bits per heavy atom. The van der Waals surface area contributed by atoms with Gasteiger partial charge in [0, 0.05) is 37.4 Å². The number of anilines is 2. The summed E-state index contributed by atoms with van der Waals surface area (Å²) in [6.07, 6.45) is 0. The number of rotatable bonds is 4. The third-order valence-electron chi connectivity index (χ3n) is 5.01. The van der Waals surface area contributed by atoms with Crippen molar-refractivity contribution < 1.29 is 4.79 Å². The molecular weight excluding hydrogens is 386 g/mol. The van der Waals surface area contributed by atoms with E-state index in [1.807, 2.05) is 36.4 Å². The zero-order chi connectivity index (χ0) is 20.2. The summed E-state index contributed by atoms with van der Waals surface area (Å²) in [5.41, 5.74) is 2.77. The van der Waals surface area contributed by atoms with Gasteiger partial charge in [0.15, 0.2) is 5.82 Å². The van der Waals surface area contributed by atoms with E-state index in [0.717, 1.165) is 43.3 Å². The molecule has 0 atom stereocenters. The van der Waals surface area contributed by atoms with Gasteiger partial charge >= 0.3 is 0 Å². The number of carbonyl (C=O) groups is 1. The molecule has 2 aromatic carbocycles. The van der Waals surface area contributed by atoms with E-state index >= 15 is 0 Å². The number of benzene rings is 2. The fourth-order valence-electron chi connectivity index (χ4n) is 3.28. The van der Waals surface area contributed by atoms with Crippen LogP contribution in [0.2, 0.25) is 5.02 Å². The van der Waals surface area contributed by atoms with Crippen LogP contribution in [0.5, 0.6) is 0 Å². The highest BCUT2D eigenvalue weighted by molar-refractivity contribution is 6.34. The number of piperazine rings is 1. The molecule has 0 bridgehead atoms. The zero-order valence-electron chi connectivity index (χ0n) is 16.2. The molecule has 0 unspecified atom stereocenters. The van der Waals surface area contributed by atoms with Gasteiger partial charge in [-0.25, -0.2) is 0 Å². The first-order chi connectivity index (χ1) is 14.1. The van der Waals surface area contributed by atoms with Gasteiger partial charge in [-0.15, -0.1) is 10.2 Å². The highest BCUT2D eigenvalue weighted by atomic mass is 35.5. The fraction of sp³-hybridized carbons (Fsp3) is 0.227. The Morgan fingerprint density at radius 3 is 2.48 bits per heavy atom. The van der Waals surface area contributed by atoms with Crippen molar-refractivity contribution in [1.29, 1.82) is 0 Å². The first kappa shape index (κ1) is 19.4. The molecule has 148 valence electrons. The summed E-state index contributed by atoms with van der Waals surface area (Å²) in [5.74, 6) is 0.647. The van der Waals surface area contributed by atoms with Crippen molar-refractivity contribution in [2.75, 3.05) is 43.4 Å². The van der Waals surface area contributed by atoms with Crippen LogP contribution in [0.15, 0.2) is 60.7 Å². The van der Waals surface area contributed by atoms with E-state index in [2.05, 4.69) is 32.4 Å². The lowest BCUT2D eigenvalue weighted by Crippen LogP contribution is -2.44. The first-order valence-electron chi connectivity index (χ1n) is 9.54. The molecule has 1 fully saturated rings. The average molecular weight is 408 g/mol. The second kappa shape index (κ2) is 8.59. The van der Waals surface area contributed by atoms with Crippen LogP contribution in [0.4, 0.5) is 11.5 Å². The molecule has 1 N–H and O–H groups in total. The lowest BCUT2D eigenvalue weighted by atomic mass is 10.1. The Bertz CT molecular complexity index is 1000. The maximum absolute atomic E-state index is 12.5. The molecule has 0 spiro atoms. The van der Waals surface area contributed by atoms with Crippen LogP contribution in [0.3, 0.4) is 0 Å². The van der Waals surface area contributed by atoms with Gasteiger partial charge in [0.05, 0.1) is 16.3 Å². The predicted molar refractivity (Wildman–Crippen MR) is 117 cm³/mol. The van der Waals surface area contributed by atoms with E-state index in [1.165, 1.54) is 0 Å². The smallest absolute Gasteiger partial charge is 0.257 e. The lowest BCUT2D eigenvalue weighted by molar-refractivity contribution is 0.102. The van der Waals surface area contributed by atoms with Gasteiger partial charge in [-0.2, -0.15) is 0 Å². The number of nitrogens with zero attached hydrogens (tertiary/aromatic N) is 4. The van der Waals surface area contributed by atoms with Crippen LogP contribution in [-0.2, 0) is 0 Å². The minimum absolute atomic E-state index is 0.246. The van der Waals surface area contributed by atoms with Crippen molar-refractivity contribution in [2.24, 2.45) is 0 Å². The van der Waals surface area contributed by atoms with Gasteiger partial charge in [-0.05, 0) is 43.4 Å². The number of hydrogen-bond donors (Lipinski definition) is 1. The van der Waals surface area contributed by atoms with Crippen LogP contribution < -0.4 is 10.2 Å². The Balaban J connectivity index is 1.48. The summed E-state index contributed by atoms with van der Waals surface area (Å²) in [6, 6.07) is 18.5. The Labute approximate surface area is 175 Å². The third-order valence-corrected chi connectivity index (χ3v) is 5.34. The maximum atomic E-state index is 12.5. The quantitative estimate of drug-likeness (QED) is 0.712. The molecule has 1 aromatic heterocycles. The van der Waals surface area contributed by atoms with Crippen molar-refractivity contribution in [3.63, 3.8) is 0 Å². The summed E-state index contributed by atoms with van der Waals surface area (Å²) in [5, 5.41) is 12.1. The summed E-state index contributed by atoms with van der Waals surface area (Å²) >= 11 is 6.11. The number of halogens is 1.